The predicted molar refractivity (Wildman–Crippen MR) is 114 cm³/mol. The van der Waals surface area contributed by atoms with Crippen LogP contribution in [0.1, 0.15) is 0 Å². The lowest BCUT2D eigenvalue weighted by Gasteiger charge is -2.15. The quantitative estimate of drug-likeness (QED) is 0.577. The van der Waals surface area contributed by atoms with Gasteiger partial charge in [-0.05, 0) is 35.0 Å². The third-order valence-electron chi connectivity index (χ3n) is 4.19. The predicted octanol–water partition coefficient (Wildman–Crippen LogP) is 3.24. The van der Waals surface area contributed by atoms with Crippen LogP contribution in [0.3, 0.4) is 0 Å². The van der Waals surface area contributed by atoms with Gasteiger partial charge in [0.05, 0.1) is 22.8 Å². The van der Waals surface area contributed by atoms with E-state index < -0.39 is 0 Å². The van der Waals surface area contributed by atoms with Crippen molar-refractivity contribution in [2.24, 2.45) is 0 Å². The summed E-state index contributed by atoms with van der Waals surface area (Å²) in [5.74, 6) is -0.442. The fourth-order valence-electron chi connectivity index (χ4n) is 2.88. The standard InChI is InChI=1S/C21H19Cl2N3O2/c1-26(13-20(28)25-21-17(22)7-4-8-18(21)23)12-19(27)24-16-10-9-14-5-2-3-6-15(14)11-16/h2-11H,12-13H2,1H3,(H,24,27)(H,25,28)/p+1. The highest BCUT2D eigenvalue weighted by molar-refractivity contribution is 6.39. The van der Waals surface area contributed by atoms with Crippen molar-refractivity contribution in [1.82, 2.24) is 0 Å². The molecule has 0 aliphatic rings. The number of carbonyl (C=O) groups is 2. The van der Waals surface area contributed by atoms with Gasteiger partial charge in [0.2, 0.25) is 0 Å². The molecule has 3 aromatic carbocycles. The highest BCUT2D eigenvalue weighted by Gasteiger charge is 2.16. The second-order valence-corrected chi connectivity index (χ2v) is 7.38. The number of para-hydroxylation sites is 1. The highest BCUT2D eigenvalue weighted by Crippen LogP contribution is 2.29. The first-order chi connectivity index (χ1) is 13.4. The zero-order valence-electron chi connectivity index (χ0n) is 15.3. The van der Waals surface area contributed by atoms with Crippen LogP contribution in [0, 0.1) is 0 Å². The first-order valence-electron chi connectivity index (χ1n) is 8.76. The molecule has 0 aliphatic heterocycles. The minimum atomic E-state index is -0.272. The molecular weight excluding hydrogens is 397 g/mol. The van der Waals surface area contributed by atoms with Gasteiger partial charge in [-0.3, -0.25) is 9.59 Å². The number of anilines is 2. The molecule has 0 heterocycles. The molecule has 1 unspecified atom stereocenters. The molecule has 3 rings (SSSR count). The van der Waals surface area contributed by atoms with Crippen molar-refractivity contribution >= 4 is 57.2 Å². The molecule has 0 aliphatic carbocycles. The lowest BCUT2D eigenvalue weighted by Crippen LogP contribution is -3.11. The van der Waals surface area contributed by atoms with Gasteiger partial charge in [-0.25, -0.2) is 0 Å². The van der Waals surface area contributed by atoms with Crippen molar-refractivity contribution in [2.45, 2.75) is 0 Å². The highest BCUT2D eigenvalue weighted by atomic mass is 35.5. The summed E-state index contributed by atoms with van der Waals surface area (Å²) in [6, 6.07) is 18.7. The number of rotatable bonds is 6. The van der Waals surface area contributed by atoms with Gasteiger partial charge in [0, 0.05) is 5.69 Å². The van der Waals surface area contributed by atoms with E-state index in [-0.39, 0.29) is 24.9 Å². The Morgan fingerprint density at radius 1 is 0.821 bits per heavy atom. The summed E-state index contributed by atoms with van der Waals surface area (Å²) in [5.41, 5.74) is 1.10. The van der Waals surface area contributed by atoms with Gasteiger partial charge in [0.15, 0.2) is 13.1 Å². The molecule has 0 aromatic heterocycles. The van der Waals surface area contributed by atoms with Crippen LogP contribution < -0.4 is 15.5 Å². The molecule has 5 nitrogen and oxygen atoms in total. The fraction of sp³-hybridized carbons (Fsp3) is 0.143. The first kappa shape index (κ1) is 20.1. The number of fused-ring (bicyclic) bond motifs is 1. The van der Waals surface area contributed by atoms with E-state index in [2.05, 4.69) is 10.6 Å². The Morgan fingerprint density at radius 2 is 1.43 bits per heavy atom. The average Bonchev–Trinajstić information content (AvgIpc) is 2.64. The zero-order chi connectivity index (χ0) is 20.1. The number of hydrogen-bond acceptors (Lipinski definition) is 2. The van der Waals surface area contributed by atoms with Gasteiger partial charge >= 0.3 is 0 Å². The lowest BCUT2D eigenvalue weighted by molar-refractivity contribution is -0.862. The number of hydrogen-bond donors (Lipinski definition) is 3. The van der Waals surface area contributed by atoms with Gasteiger partial charge < -0.3 is 15.5 Å². The van der Waals surface area contributed by atoms with E-state index in [9.17, 15) is 9.59 Å². The van der Waals surface area contributed by atoms with Crippen molar-refractivity contribution in [2.75, 3.05) is 30.8 Å². The largest absolute Gasteiger partial charge is 0.322 e. The second-order valence-electron chi connectivity index (χ2n) is 6.57. The summed E-state index contributed by atoms with van der Waals surface area (Å²) in [6.07, 6.45) is 0. The normalized spacial score (nSPS) is 11.8. The maximum atomic E-state index is 12.3. The van der Waals surface area contributed by atoms with E-state index in [1.54, 1.807) is 25.2 Å². The fourth-order valence-corrected chi connectivity index (χ4v) is 3.38. The molecule has 0 bridgehead atoms. The summed E-state index contributed by atoms with van der Waals surface area (Å²) in [4.78, 5) is 25.3. The van der Waals surface area contributed by atoms with Crippen molar-refractivity contribution < 1.29 is 14.5 Å². The number of quaternary nitrogens is 1. The molecule has 3 aromatic rings. The minimum Gasteiger partial charge on any atom is -0.322 e. The number of benzene rings is 3. The Kier molecular flexibility index (Phi) is 6.52. The maximum absolute atomic E-state index is 12.3. The number of halogens is 2. The Bertz CT molecular complexity index is 1000. The molecule has 0 radical (unpaired) electrons. The second kappa shape index (κ2) is 9.06. The van der Waals surface area contributed by atoms with Crippen LogP contribution in [0.15, 0.2) is 60.7 Å². The van der Waals surface area contributed by atoms with E-state index in [0.29, 0.717) is 15.7 Å². The van der Waals surface area contributed by atoms with Gasteiger partial charge in [0.1, 0.15) is 0 Å². The molecule has 7 heteroatoms. The minimum absolute atomic E-state index is 0.104. The molecule has 0 saturated carbocycles. The first-order valence-corrected chi connectivity index (χ1v) is 9.52. The third-order valence-corrected chi connectivity index (χ3v) is 4.82. The Morgan fingerprint density at radius 3 is 2.11 bits per heavy atom. The lowest BCUT2D eigenvalue weighted by atomic mass is 10.1. The molecule has 2 amide bonds. The van der Waals surface area contributed by atoms with Crippen LogP contribution in [0.25, 0.3) is 10.8 Å². The number of carbonyl (C=O) groups excluding carboxylic acids is 2. The number of nitrogens with one attached hydrogen (secondary N) is 3. The van der Waals surface area contributed by atoms with E-state index in [1.165, 1.54) is 0 Å². The van der Waals surface area contributed by atoms with Crippen LogP contribution in [-0.4, -0.2) is 32.0 Å². The SMILES string of the molecule is C[NH+](CC(=O)Nc1ccc2ccccc2c1)CC(=O)Nc1c(Cl)cccc1Cl. The van der Waals surface area contributed by atoms with Crippen LogP contribution in [0.2, 0.25) is 10.0 Å². The summed E-state index contributed by atoms with van der Waals surface area (Å²) >= 11 is 12.1. The van der Waals surface area contributed by atoms with E-state index >= 15 is 0 Å². The van der Waals surface area contributed by atoms with Crippen LogP contribution in [-0.2, 0) is 9.59 Å². The van der Waals surface area contributed by atoms with E-state index in [4.69, 9.17) is 23.2 Å². The van der Waals surface area contributed by atoms with E-state index in [0.717, 1.165) is 21.4 Å². The molecule has 28 heavy (non-hydrogen) atoms. The average molecular weight is 417 g/mol. The van der Waals surface area contributed by atoms with Crippen molar-refractivity contribution in [3.8, 4) is 0 Å². The van der Waals surface area contributed by atoms with Gasteiger partial charge in [0.25, 0.3) is 11.8 Å². The summed E-state index contributed by atoms with van der Waals surface area (Å²) in [6.45, 7) is 0.253. The van der Waals surface area contributed by atoms with Crippen molar-refractivity contribution in [1.29, 1.82) is 0 Å². The third kappa shape index (κ3) is 5.23. The molecule has 0 fully saturated rings. The molecule has 1 atom stereocenters. The van der Waals surface area contributed by atoms with E-state index in [1.807, 2.05) is 42.5 Å². The van der Waals surface area contributed by atoms with Crippen LogP contribution in [0.4, 0.5) is 11.4 Å². The number of amides is 2. The number of likely N-dealkylation sites (N-methyl/N-ethyl adjacent to an activating group) is 1. The van der Waals surface area contributed by atoms with Gasteiger partial charge in [-0.15, -0.1) is 0 Å². The molecule has 0 spiro atoms. The Labute approximate surface area is 173 Å². The maximum Gasteiger partial charge on any atom is 0.279 e. The Hall–Kier alpha value is -2.60. The van der Waals surface area contributed by atoms with Gasteiger partial charge in [-0.1, -0.05) is 59.6 Å². The Balaban J connectivity index is 1.54. The monoisotopic (exact) mass is 416 g/mol. The summed E-state index contributed by atoms with van der Waals surface area (Å²) in [5, 5.41) is 8.47. The summed E-state index contributed by atoms with van der Waals surface area (Å²) < 4.78 is 0. The molecular formula is C21H20Cl2N3O2+. The topological polar surface area (TPSA) is 62.6 Å². The molecule has 144 valence electrons. The zero-order valence-corrected chi connectivity index (χ0v) is 16.8. The van der Waals surface area contributed by atoms with Crippen molar-refractivity contribution in [3.63, 3.8) is 0 Å². The van der Waals surface area contributed by atoms with Crippen LogP contribution in [0.5, 0.6) is 0 Å². The van der Waals surface area contributed by atoms with Gasteiger partial charge in [-0.2, -0.15) is 0 Å². The smallest absolute Gasteiger partial charge is 0.279 e. The van der Waals surface area contributed by atoms with Crippen LogP contribution >= 0.6 is 23.2 Å². The molecule has 3 N–H and O–H groups in total. The van der Waals surface area contributed by atoms with Crippen molar-refractivity contribution in [3.05, 3.63) is 70.7 Å². The summed E-state index contributed by atoms with van der Waals surface area (Å²) in [7, 11) is 1.77. The molecule has 0 saturated heterocycles.